The molecule has 0 saturated heterocycles. The Morgan fingerprint density at radius 2 is 2.04 bits per heavy atom. The SMILES string of the molecule is C#CCOc1cc(F)ccc1NC(=O)NCC(O)c1ccccc1F. The third-order valence-electron chi connectivity index (χ3n) is 3.22. The summed E-state index contributed by atoms with van der Waals surface area (Å²) in [4.78, 5) is 11.9. The van der Waals surface area contributed by atoms with Crippen LogP contribution in [0.1, 0.15) is 11.7 Å². The molecule has 0 aliphatic rings. The van der Waals surface area contributed by atoms with Crippen molar-refractivity contribution in [2.75, 3.05) is 18.5 Å². The first-order valence-electron chi connectivity index (χ1n) is 7.34. The first kappa shape index (κ1) is 18.2. The van der Waals surface area contributed by atoms with E-state index in [0.29, 0.717) is 0 Å². The van der Waals surface area contributed by atoms with Crippen LogP contribution in [0.25, 0.3) is 0 Å². The van der Waals surface area contributed by atoms with Crippen molar-refractivity contribution in [3.8, 4) is 18.1 Å². The van der Waals surface area contributed by atoms with Gasteiger partial charge in [-0.3, -0.25) is 0 Å². The van der Waals surface area contributed by atoms with Crippen molar-refractivity contribution >= 4 is 11.7 Å². The number of ether oxygens (including phenoxy) is 1. The molecule has 0 fully saturated rings. The molecule has 5 nitrogen and oxygen atoms in total. The van der Waals surface area contributed by atoms with Crippen LogP contribution >= 0.6 is 0 Å². The minimum atomic E-state index is -1.21. The van der Waals surface area contributed by atoms with Crippen LogP contribution < -0.4 is 15.4 Å². The minimum Gasteiger partial charge on any atom is -0.479 e. The predicted molar refractivity (Wildman–Crippen MR) is 89.1 cm³/mol. The van der Waals surface area contributed by atoms with E-state index in [-0.39, 0.29) is 30.2 Å². The van der Waals surface area contributed by atoms with Crippen molar-refractivity contribution in [2.45, 2.75) is 6.10 Å². The summed E-state index contributed by atoms with van der Waals surface area (Å²) in [5.74, 6) is 1.19. The van der Waals surface area contributed by atoms with Gasteiger partial charge < -0.3 is 20.5 Å². The molecule has 0 radical (unpaired) electrons. The van der Waals surface area contributed by atoms with Crippen LogP contribution in [0.4, 0.5) is 19.3 Å². The number of nitrogens with one attached hydrogen (secondary N) is 2. The highest BCUT2D eigenvalue weighted by Gasteiger charge is 2.14. The number of carbonyl (C=O) groups excluding carboxylic acids is 1. The minimum absolute atomic E-state index is 0.0719. The fourth-order valence-corrected chi connectivity index (χ4v) is 2.05. The molecule has 2 amide bonds. The number of rotatable bonds is 6. The number of hydrogen-bond donors (Lipinski definition) is 3. The summed E-state index contributed by atoms with van der Waals surface area (Å²) in [6, 6.07) is 8.58. The highest BCUT2D eigenvalue weighted by molar-refractivity contribution is 5.90. The predicted octanol–water partition coefficient (Wildman–Crippen LogP) is 2.83. The fraction of sp³-hybridized carbons (Fsp3) is 0.167. The normalized spacial score (nSPS) is 11.3. The van der Waals surface area contributed by atoms with Crippen LogP contribution in [0.5, 0.6) is 5.75 Å². The molecule has 0 bridgehead atoms. The smallest absolute Gasteiger partial charge is 0.319 e. The molecule has 0 aromatic heterocycles. The Kier molecular flexibility index (Phi) is 6.32. The Morgan fingerprint density at radius 1 is 1.28 bits per heavy atom. The van der Waals surface area contributed by atoms with E-state index in [1.807, 2.05) is 0 Å². The van der Waals surface area contributed by atoms with E-state index in [4.69, 9.17) is 11.2 Å². The second-order valence-electron chi connectivity index (χ2n) is 5.01. The van der Waals surface area contributed by atoms with E-state index in [1.165, 1.54) is 24.3 Å². The molecule has 0 aliphatic heterocycles. The van der Waals surface area contributed by atoms with Crippen LogP contribution in [-0.2, 0) is 0 Å². The Balaban J connectivity index is 1.96. The number of amides is 2. The maximum absolute atomic E-state index is 13.6. The number of aliphatic hydroxyl groups is 1. The average molecular weight is 346 g/mol. The Bertz CT molecular complexity index is 790. The zero-order valence-corrected chi connectivity index (χ0v) is 13.1. The number of carbonyl (C=O) groups is 1. The van der Waals surface area contributed by atoms with Crippen molar-refractivity contribution in [3.63, 3.8) is 0 Å². The van der Waals surface area contributed by atoms with Crippen molar-refractivity contribution in [1.82, 2.24) is 5.32 Å². The van der Waals surface area contributed by atoms with Gasteiger partial charge >= 0.3 is 6.03 Å². The summed E-state index contributed by atoms with van der Waals surface area (Å²) >= 11 is 0. The van der Waals surface area contributed by atoms with Gasteiger partial charge in [0.05, 0.1) is 11.8 Å². The molecule has 2 rings (SSSR count). The quantitative estimate of drug-likeness (QED) is 0.705. The molecular weight excluding hydrogens is 330 g/mol. The summed E-state index contributed by atoms with van der Waals surface area (Å²) < 4.78 is 32.0. The molecule has 0 spiro atoms. The lowest BCUT2D eigenvalue weighted by Crippen LogP contribution is -2.32. The van der Waals surface area contributed by atoms with Gasteiger partial charge in [-0.2, -0.15) is 0 Å². The van der Waals surface area contributed by atoms with Gasteiger partial charge in [0.1, 0.15) is 24.0 Å². The Morgan fingerprint density at radius 3 is 2.76 bits per heavy atom. The molecule has 0 aliphatic carbocycles. The third-order valence-corrected chi connectivity index (χ3v) is 3.22. The molecule has 25 heavy (non-hydrogen) atoms. The number of hydrogen-bond acceptors (Lipinski definition) is 3. The van der Waals surface area contributed by atoms with Gasteiger partial charge in [-0.1, -0.05) is 24.1 Å². The van der Waals surface area contributed by atoms with Crippen LogP contribution in [0.3, 0.4) is 0 Å². The second-order valence-corrected chi connectivity index (χ2v) is 5.01. The summed E-state index contributed by atoms with van der Waals surface area (Å²) in [6.07, 6.45) is 3.88. The largest absolute Gasteiger partial charge is 0.479 e. The number of terminal acetylenes is 1. The lowest BCUT2D eigenvalue weighted by molar-refractivity contribution is 0.170. The van der Waals surface area contributed by atoms with Gasteiger partial charge in [-0.25, -0.2) is 13.6 Å². The van der Waals surface area contributed by atoms with Crippen LogP contribution in [0.2, 0.25) is 0 Å². The average Bonchev–Trinajstić information content (AvgIpc) is 2.60. The zero-order valence-electron chi connectivity index (χ0n) is 13.1. The summed E-state index contributed by atoms with van der Waals surface area (Å²) in [6.45, 7) is -0.305. The van der Waals surface area contributed by atoms with Gasteiger partial charge in [0, 0.05) is 18.2 Å². The summed E-state index contributed by atoms with van der Waals surface area (Å²) in [7, 11) is 0. The monoisotopic (exact) mass is 346 g/mol. The molecule has 1 atom stereocenters. The summed E-state index contributed by atoms with van der Waals surface area (Å²) in [5.41, 5.74) is 0.275. The van der Waals surface area contributed by atoms with E-state index < -0.39 is 23.8 Å². The highest BCUT2D eigenvalue weighted by atomic mass is 19.1. The maximum Gasteiger partial charge on any atom is 0.319 e. The van der Waals surface area contributed by atoms with Crippen LogP contribution in [-0.4, -0.2) is 24.3 Å². The maximum atomic E-state index is 13.6. The van der Waals surface area contributed by atoms with E-state index in [9.17, 15) is 18.7 Å². The molecule has 7 heteroatoms. The van der Waals surface area contributed by atoms with E-state index in [1.54, 1.807) is 6.07 Å². The molecule has 3 N–H and O–H groups in total. The summed E-state index contributed by atoms with van der Waals surface area (Å²) in [5, 5.41) is 14.8. The van der Waals surface area contributed by atoms with E-state index in [2.05, 4.69) is 16.6 Å². The number of halogens is 2. The van der Waals surface area contributed by atoms with Gasteiger partial charge in [0.25, 0.3) is 0 Å². The number of aliphatic hydroxyl groups excluding tert-OH is 1. The number of benzene rings is 2. The molecule has 2 aromatic rings. The molecule has 130 valence electrons. The third kappa shape index (κ3) is 5.19. The lowest BCUT2D eigenvalue weighted by atomic mass is 10.1. The number of anilines is 1. The second kappa shape index (κ2) is 8.66. The van der Waals surface area contributed by atoms with Crippen molar-refractivity contribution < 1.29 is 23.4 Å². The molecule has 0 heterocycles. The van der Waals surface area contributed by atoms with Gasteiger partial charge in [-0.05, 0) is 18.2 Å². The van der Waals surface area contributed by atoms with E-state index >= 15 is 0 Å². The van der Waals surface area contributed by atoms with Crippen molar-refractivity contribution in [3.05, 3.63) is 59.7 Å². The van der Waals surface area contributed by atoms with Crippen LogP contribution in [0.15, 0.2) is 42.5 Å². The Hall–Kier alpha value is -3.11. The van der Waals surface area contributed by atoms with Gasteiger partial charge in [-0.15, -0.1) is 6.42 Å². The molecule has 1 unspecified atom stereocenters. The zero-order chi connectivity index (χ0) is 18.2. The van der Waals surface area contributed by atoms with Crippen molar-refractivity contribution in [2.24, 2.45) is 0 Å². The lowest BCUT2D eigenvalue weighted by Gasteiger charge is -2.15. The van der Waals surface area contributed by atoms with Crippen molar-refractivity contribution in [1.29, 1.82) is 0 Å². The molecular formula is C18H16F2N2O3. The van der Waals surface area contributed by atoms with Crippen LogP contribution in [0, 0.1) is 24.0 Å². The van der Waals surface area contributed by atoms with Gasteiger partial charge in [0.2, 0.25) is 0 Å². The topological polar surface area (TPSA) is 70.6 Å². The molecule has 2 aromatic carbocycles. The first-order chi connectivity index (χ1) is 12.0. The first-order valence-corrected chi connectivity index (χ1v) is 7.34. The highest BCUT2D eigenvalue weighted by Crippen LogP contribution is 2.25. The number of urea groups is 1. The Labute approximate surface area is 143 Å². The van der Waals surface area contributed by atoms with Gasteiger partial charge in [0.15, 0.2) is 0 Å². The fourth-order valence-electron chi connectivity index (χ4n) is 2.05. The standard InChI is InChI=1S/C18H16F2N2O3/c1-2-9-25-17-10-12(19)7-8-15(17)22-18(24)21-11-16(23)13-5-3-4-6-14(13)20/h1,3-8,10,16,23H,9,11H2,(H2,21,22,24). The van der Waals surface area contributed by atoms with E-state index in [0.717, 1.165) is 12.1 Å². The molecule has 0 saturated carbocycles.